The highest BCUT2D eigenvalue weighted by Crippen LogP contribution is 2.38. The first kappa shape index (κ1) is 16.7. The number of aromatic nitrogens is 4. The molecule has 0 amide bonds. The molecule has 4 rings (SSSR count). The number of nitrogens with zero attached hydrogens (tertiary/aromatic N) is 5. The third-order valence-corrected chi connectivity index (χ3v) is 4.95. The summed E-state index contributed by atoms with van der Waals surface area (Å²) in [5.41, 5.74) is 1.59. The van der Waals surface area contributed by atoms with Crippen molar-refractivity contribution in [3.05, 3.63) is 83.8 Å². The van der Waals surface area contributed by atoms with E-state index in [1.807, 2.05) is 31.7 Å². The normalized spacial score (nSPS) is 15.4. The quantitative estimate of drug-likeness (QED) is 0.618. The van der Waals surface area contributed by atoms with Crippen molar-refractivity contribution in [2.24, 2.45) is 4.99 Å². The second kappa shape index (κ2) is 7.23. The Morgan fingerprint density at radius 3 is 2.72 bits per heavy atom. The molecule has 8 heteroatoms. The summed E-state index contributed by atoms with van der Waals surface area (Å²) in [4.78, 5) is 13.1. The Balaban J connectivity index is 1.68. The van der Waals surface area contributed by atoms with Crippen LogP contribution in [0.5, 0.6) is 0 Å². The van der Waals surface area contributed by atoms with Gasteiger partial charge in [0, 0.05) is 22.7 Å². The number of aliphatic imine (C=N–C) groups is 1. The van der Waals surface area contributed by atoms with Crippen LogP contribution in [-0.4, -0.2) is 26.0 Å². The zero-order valence-electron chi connectivity index (χ0n) is 12.7. The molecule has 0 unspecified atom stereocenters. The van der Waals surface area contributed by atoms with E-state index >= 15 is 0 Å². The molecule has 1 saturated carbocycles. The summed E-state index contributed by atoms with van der Waals surface area (Å²) in [7, 11) is 0. The maximum Gasteiger partial charge on any atom is 0.211 e. The van der Waals surface area contributed by atoms with E-state index in [1.165, 1.54) is 17.7 Å². The Kier molecular flexibility index (Phi) is 4.83. The predicted molar refractivity (Wildman–Crippen MR) is 100 cm³/mol. The zero-order chi connectivity index (χ0) is 17.2. The van der Waals surface area contributed by atoms with E-state index in [-0.39, 0.29) is 0 Å². The molecule has 25 heavy (non-hydrogen) atoms. The SMILES string of the molecule is Clc1ccc(/C=N/c2nc([C]3[CH][CH][CH][CH]3)c(-n3cncn3)s2)c(Cl)c1. The third-order valence-electron chi connectivity index (χ3n) is 3.44. The van der Waals surface area contributed by atoms with Crippen LogP contribution in [0.4, 0.5) is 5.13 Å². The number of thiazole rings is 1. The maximum absolute atomic E-state index is 6.18. The maximum atomic E-state index is 6.18. The molecule has 0 saturated heterocycles. The molecule has 1 aromatic carbocycles. The van der Waals surface area contributed by atoms with E-state index in [9.17, 15) is 0 Å². The van der Waals surface area contributed by atoms with Crippen LogP contribution in [0.25, 0.3) is 5.00 Å². The van der Waals surface area contributed by atoms with Gasteiger partial charge in [0.1, 0.15) is 17.7 Å². The van der Waals surface area contributed by atoms with Crippen LogP contribution < -0.4 is 0 Å². The molecule has 5 nitrogen and oxygen atoms in total. The highest BCUT2D eigenvalue weighted by molar-refractivity contribution is 7.18. The van der Waals surface area contributed by atoms with E-state index in [4.69, 9.17) is 23.2 Å². The Labute approximate surface area is 159 Å². The van der Waals surface area contributed by atoms with Gasteiger partial charge in [0.15, 0.2) is 0 Å². The molecule has 0 aliphatic heterocycles. The van der Waals surface area contributed by atoms with E-state index in [0.29, 0.717) is 15.2 Å². The molecule has 1 aliphatic carbocycles. The van der Waals surface area contributed by atoms with E-state index in [2.05, 4.69) is 20.1 Å². The van der Waals surface area contributed by atoms with Crippen LogP contribution in [0.2, 0.25) is 10.0 Å². The molecule has 0 bridgehead atoms. The van der Waals surface area contributed by atoms with Crippen molar-refractivity contribution in [2.75, 3.05) is 0 Å². The molecular weight excluding hydrogens is 377 g/mol. The van der Waals surface area contributed by atoms with Crippen molar-refractivity contribution < 1.29 is 0 Å². The molecule has 3 aromatic rings. The van der Waals surface area contributed by atoms with E-state index in [1.54, 1.807) is 29.4 Å². The average Bonchev–Trinajstić information content (AvgIpc) is 3.34. The molecule has 1 fully saturated rings. The van der Waals surface area contributed by atoms with Crippen LogP contribution in [0.1, 0.15) is 11.3 Å². The Morgan fingerprint density at radius 2 is 2.00 bits per heavy atom. The number of benzene rings is 1. The summed E-state index contributed by atoms with van der Waals surface area (Å²) >= 11 is 13.5. The summed E-state index contributed by atoms with van der Waals surface area (Å²) in [5, 5.41) is 6.79. The molecule has 2 heterocycles. The molecule has 1 aliphatic rings. The number of rotatable bonds is 4. The van der Waals surface area contributed by atoms with E-state index < -0.39 is 0 Å². The smallest absolute Gasteiger partial charge is 0.211 e. The van der Waals surface area contributed by atoms with Crippen molar-refractivity contribution in [1.29, 1.82) is 0 Å². The predicted octanol–water partition coefficient (Wildman–Crippen LogP) is 4.53. The first-order chi connectivity index (χ1) is 12.2. The fourth-order valence-corrected chi connectivity index (χ4v) is 3.60. The Morgan fingerprint density at radius 1 is 1.16 bits per heavy atom. The lowest BCUT2D eigenvalue weighted by atomic mass is 10.1. The molecule has 2 aromatic heterocycles. The van der Waals surface area contributed by atoms with Gasteiger partial charge in [-0.3, -0.25) is 0 Å². The van der Waals surface area contributed by atoms with Gasteiger partial charge in [0.25, 0.3) is 0 Å². The first-order valence-electron chi connectivity index (χ1n) is 7.28. The monoisotopic (exact) mass is 386 g/mol. The number of halogens is 2. The van der Waals surface area contributed by atoms with Crippen LogP contribution >= 0.6 is 34.5 Å². The number of hydrogen-bond donors (Lipinski definition) is 0. The summed E-state index contributed by atoms with van der Waals surface area (Å²) in [5.74, 6) is 1.01. The van der Waals surface area contributed by atoms with Crippen LogP contribution in [0, 0.1) is 31.6 Å². The lowest BCUT2D eigenvalue weighted by molar-refractivity contribution is 0.881. The third kappa shape index (κ3) is 3.61. The van der Waals surface area contributed by atoms with Crippen LogP contribution in [0.3, 0.4) is 0 Å². The lowest BCUT2D eigenvalue weighted by Crippen LogP contribution is -2.02. The molecule has 0 N–H and O–H groups in total. The van der Waals surface area contributed by atoms with Gasteiger partial charge in [-0.25, -0.2) is 19.6 Å². The first-order valence-corrected chi connectivity index (χ1v) is 8.85. The largest absolute Gasteiger partial charge is 0.227 e. The van der Waals surface area contributed by atoms with Crippen LogP contribution in [0.15, 0.2) is 35.8 Å². The highest BCUT2D eigenvalue weighted by atomic mass is 35.5. The standard InChI is InChI=1S/C17H10Cl2N5S/c18-13-6-5-12(14(19)7-13)8-21-17-23-15(11-3-1-2-4-11)16(25-17)24-10-20-9-22-24/h1-10H/b21-8+. The van der Waals surface area contributed by atoms with Crippen molar-refractivity contribution in [3.63, 3.8) is 0 Å². The van der Waals surface area contributed by atoms with Gasteiger partial charge < -0.3 is 0 Å². The molecule has 0 atom stereocenters. The van der Waals surface area contributed by atoms with Gasteiger partial charge in [0.05, 0.1) is 10.7 Å². The molecule has 0 spiro atoms. The topological polar surface area (TPSA) is 56.0 Å². The van der Waals surface area contributed by atoms with Gasteiger partial charge >= 0.3 is 0 Å². The van der Waals surface area contributed by atoms with Crippen molar-refractivity contribution in [3.8, 4) is 5.00 Å². The second-order valence-electron chi connectivity index (χ2n) is 5.09. The molecule has 123 valence electrons. The summed E-state index contributed by atoms with van der Waals surface area (Å²) in [6, 6.07) is 5.27. The fraction of sp³-hybridized carbons (Fsp3) is 0. The second-order valence-corrected chi connectivity index (χ2v) is 6.89. The minimum absolute atomic E-state index is 0.542. The van der Waals surface area contributed by atoms with Crippen molar-refractivity contribution in [2.45, 2.75) is 0 Å². The van der Waals surface area contributed by atoms with Crippen LogP contribution in [-0.2, 0) is 0 Å². The number of hydrogen-bond acceptors (Lipinski definition) is 5. The minimum atomic E-state index is 0.542. The summed E-state index contributed by atoms with van der Waals surface area (Å²) < 4.78 is 1.69. The summed E-state index contributed by atoms with van der Waals surface area (Å²) in [6.07, 6.45) is 12.7. The van der Waals surface area contributed by atoms with Crippen molar-refractivity contribution in [1.82, 2.24) is 19.7 Å². The fourth-order valence-electron chi connectivity index (χ4n) is 2.28. The van der Waals surface area contributed by atoms with Gasteiger partial charge in [-0.15, -0.1) is 0 Å². The van der Waals surface area contributed by atoms with Gasteiger partial charge in [-0.1, -0.05) is 40.6 Å². The van der Waals surface area contributed by atoms with Gasteiger partial charge in [-0.05, 0) is 37.8 Å². The van der Waals surface area contributed by atoms with Crippen molar-refractivity contribution >= 4 is 45.9 Å². The average molecular weight is 387 g/mol. The van der Waals surface area contributed by atoms with Gasteiger partial charge in [-0.2, -0.15) is 5.10 Å². The van der Waals surface area contributed by atoms with E-state index in [0.717, 1.165) is 22.2 Å². The molecular formula is C17H10Cl2N5S. The Hall–Kier alpha value is -1.76. The minimum Gasteiger partial charge on any atom is -0.227 e. The van der Waals surface area contributed by atoms with Gasteiger partial charge in [0.2, 0.25) is 5.13 Å². The highest BCUT2D eigenvalue weighted by Gasteiger charge is 2.26. The Bertz CT molecular complexity index is 898. The molecule has 5 radical (unpaired) electrons. The zero-order valence-corrected chi connectivity index (χ0v) is 15.0. The summed E-state index contributed by atoms with van der Waals surface area (Å²) in [6.45, 7) is 0. The lowest BCUT2D eigenvalue weighted by Gasteiger charge is -2.06.